The standard InChI is InChI=1S/C18H14F4N4O2S/c1-27-15-8-11(9-23-26-16(18(20,21)22)24-25-17(26)29)6-7-14(15)28-10-12-4-2-3-5-13(12)19/h2-9H,10H2,1H3,(H,25,29)/b23-9-. The molecule has 1 aromatic heterocycles. The molecule has 6 nitrogen and oxygen atoms in total. The summed E-state index contributed by atoms with van der Waals surface area (Å²) in [5.74, 6) is -1.02. The summed E-state index contributed by atoms with van der Waals surface area (Å²) in [5, 5.41) is 8.93. The molecular formula is C18H14F4N4O2S. The van der Waals surface area contributed by atoms with Crippen molar-refractivity contribution in [1.82, 2.24) is 14.9 Å². The Hall–Kier alpha value is -3.21. The van der Waals surface area contributed by atoms with Crippen molar-refractivity contribution in [2.24, 2.45) is 5.10 Å². The van der Waals surface area contributed by atoms with E-state index in [1.54, 1.807) is 30.3 Å². The molecule has 3 rings (SSSR count). The van der Waals surface area contributed by atoms with Crippen molar-refractivity contribution in [1.29, 1.82) is 0 Å². The van der Waals surface area contributed by atoms with E-state index in [9.17, 15) is 17.6 Å². The van der Waals surface area contributed by atoms with E-state index in [4.69, 9.17) is 21.7 Å². The van der Waals surface area contributed by atoms with Gasteiger partial charge in [-0.2, -0.15) is 22.9 Å². The summed E-state index contributed by atoms with van der Waals surface area (Å²) in [5.41, 5.74) is 0.797. The second-order valence-electron chi connectivity index (χ2n) is 5.70. The molecule has 11 heteroatoms. The molecule has 0 atom stereocenters. The fourth-order valence-electron chi connectivity index (χ4n) is 2.36. The largest absolute Gasteiger partial charge is 0.493 e. The Morgan fingerprint density at radius 2 is 1.97 bits per heavy atom. The van der Waals surface area contributed by atoms with Crippen molar-refractivity contribution in [3.05, 3.63) is 70.0 Å². The highest BCUT2D eigenvalue weighted by atomic mass is 32.1. The zero-order valence-electron chi connectivity index (χ0n) is 14.9. The molecule has 0 saturated carbocycles. The van der Waals surface area contributed by atoms with E-state index in [0.29, 0.717) is 27.3 Å². The van der Waals surface area contributed by atoms with E-state index < -0.39 is 17.8 Å². The van der Waals surface area contributed by atoms with Crippen LogP contribution in [0.4, 0.5) is 17.6 Å². The maximum atomic E-state index is 13.7. The number of methoxy groups -OCH3 is 1. The van der Waals surface area contributed by atoms with Gasteiger partial charge in [0.25, 0.3) is 5.82 Å². The Morgan fingerprint density at radius 3 is 2.66 bits per heavy atom. The molecule has 0 aliphatic rings. The first kappa shape index (κ1) is 20.5. The number of H-pyrrole nitrogens is 1. The lowest BCUT2D eigenvalue weighted by Crippen LogP contribution is -2.12. The Kier molecular flexibility index (Phi) is 5.97. The number of rotatable bonds is 6. The summed E-state index contributed by atoms with van der Waals surface area (Å²) in [6.45, 7) is -0.0183. The van der Waals surface area contributed by atoms with Gasteiger partial charge in [-0.1, -0.05) is 18.2 Å². The number of hydrogen-bond acceptors (Lipinski definition) is 5. The van der Waals surface area contributed by atoms with Crippen LogP contribution in [0.1, 0.15) is 17.0 Å². The van der Waals surface area contributed by atoms with E-state index >= 15 is 0 Å². The fraction of sp³-hybridized carbons (Fsp3) is 0.167. The number of alkyl halides is 3. The van der Waals surface area contributed by atoms with Gasteiger partial charge in [0.05, 0.1) is 13.3 Å². The number of aromatic amines is 1. The van der Waals surface area contributed by atoms with Gasteiger partial charge in [-0.15, -0.1) is 5.10 Å². The normalized spacial score (nSPS) is 11.8. The minimum Gasteiger partial charge on any atom is -0.493 e. The van der Waals surface area contributed by atoms with Crippen molar-refractivity contribution in [2.45, 2.75) is 12.8 Å². The monoisotopic (exact) mass is 426 g/mol. The van der Waals surface area contributed by atoms with Gasteiger partial charge in [0.2, 0.25) is 4.77 Å². The molecule has 3 aromatic rings. The van der Waals surface area contributed by atoms with Crippen LogP contribution in [0.2, 0.25) is 0 Å². The van der Waals surface area contributed by atoms with E-state index in [0.717, 1.165) is 0 Å². The molecule has 0 amide bonds. The Morgan fingerprint density at radius 1 is 1.21 bits per heavy atom. The summed E-state index contributed by atoms with van der Waals surface area (Å²) >= 11 is 4.77. The predicted molar refractivity (Wildman–Crippen MR) is 99.1 cm³/mol. The average Bonchev–Trinajstić information content (AvgIpc) is 3.07. The van der Waals surface area contributed by atoms with Crippen molar-refractivity contribution in [2.75, 3.05) is 7.11 Å². The fourth-order valence-corrected chi connectivity index (χ4v) is 2.54. The van der Waals surface area contributed by atoms with Gasteiger partial charge in [0, 0.05) is 5.56 Å². The highest BCUT2D eigenvalue weighted by molar-refractivity contribution is 7.71. The molecule has 0 saturated heterocycles. The number of hydrogen-bond donors (Lipinski definition) is 1. The average molecular weight is 426 g/mol. The number of benzene rings is 2. The van der Waals surface area contributed by atoms with Crippen LogP contribution in [-0.4, -0.2) is 28.2 Å². The minimum absolute atomic E-state index is 0.0183. The topological polar surface area (TPSA) is 64.4 Å². The number of ether oxygens (including phenoxy) is 2. The van der Waals surface area contributed by atoms with Gasteiger partial charge < -0.3 is 9.47 Å². The maximum Gasteiger partial charge on any atom is 0.453 e. The highest BCUT2D eigenvalue weighted by Crippen LogP contribution is 2.29. The third-order valence-corrected chi connectivity index (χ3v) is 4.02. The summed E-state index contributed by atoms with van der Waals surface area (Å²) in [6.07, 6.45) is -3.54. The molecule has 0 bridgehead atoms. The van der Waals surface area contributed by atoms with E-state index in [1.165, 1.54) is 25.5 Å². The SMILES string of the molecule is COc1cc(/C=N\n2c(C(F)(F)F)n[nH]c2=S)ccc1OCc1ccccc1F. The molecule has 2 aromatic carbocycles. The Labute approximate surface area is 167 Å². The molecule has 0 aliphatic heterocycles. The van der Waals surface area contributed by atoms with Crippen LogP contribution >= 0.6 is 12.2 Å². The maximum absolute atomic E-state index is 13.7. The van der Waals surface area contributed by atoms with E-state index in [1.807, 2.05) is 0 Å². The number of nitrogens with one attached hydrogen (secondary N) is 1. The van der Waals surface area contributed by atoms with E-state index in [-0.39, 0.29) is 11.4 Å². The lowest BCUT2D eigenvalue weighted by molar-refractivity contribution is -0.147. The van der Waals surface area contributed by atoms with Crippen molar-refractivity contribution < 1.29 is 27.0 Å². The molecule has 29 heavy (non-hydrogen) atoms. The van der Waals surface area contributed by atoms with Crippen LogP contribution in [0.5, 0.6) is 11.5 Å². The molecular weight excluding hydrogens is 412 g/mol. The van der Waals surface area contributed by atoms with Gasteiger partial charge in [0.1, 0.15) is 12.4 Å². The summed E-state index contributed by atoms with van der Waals surface area (Å²) in [6, 6.07) is 10.8. The minimum atomic E-state index is -4.72. The highest BCUT2D eigenvalue weighted by Gasteiger charge is 2.37. The van der Waals surface area contributed by atoms with E-state index in [2.05, 4.69) is 15.3 Å². The zero-order chi connectivity index (χ0) is 21.0. The molecule has 1 N–H and O–H groups in total. The molecule has 0 unspecified atom stereocenters. The number of nitrogens with zero attached hydrogens (tertiary/aromatic N) is 3. The molecule has 1 heterocycles. The van der Waals surface area contributed by atoms with Crippen molar-refractivity contribution in [3.8, 4) is 11.5 Å². The van der Waals surface area contributed by atoms with Gasteiger partial charge in [0.15, 0.2) is 11.5 Å². The van der Waals surface area contributed by atoms with Crippen LogP contribution in [0.25, 0.3) is 0 Å². The van der Waals surface area contributed by atoms with Crippen LogP contribution in [0.15, 0.2) is 47.6 Å². The summed E-state index contributed by atoms with van der Waals surface area (Å²) < 4.78 is 63.5. The third kappa shape index (κ3) is 4.80. The number of halogens is 4. The zero-order valence-corrected chi connectivity index (χ0v) is 15.7. The van der Waals surface area contributed by atoms with Crippen LogP contribution in [0.3, 0.4) is 0 Å². The summed E-state index contributed by atoms with van der Waals surface area (Å²) in [4.78, 5) is 0. The first-order valence-electron chi connectivity index (χ1n) is 8.13. The second kappa shape index (κ2) is 8.43. The Balaban J connectivity index is 1.81. The molecule has 0 aliphatic carbocycles. The van der Waals surface area contributed by atoms with Crippen LogP contribution in [-0.2, 0) is 12.8 Å². The lowest BCUT2D eigenvalue weighted by atomic mass is 10.2. The van der Waals surface area contributed by atoms with Crippen LogP contribution in [0, 0.1) is 10.6 Å². The van der Waals surface area contributed by atoms with Crippen molar-refractivity contribution >= 4 is 18.4 Å². The van der Waals surface area contributed by atoms with Gasteiger partial charge in [-0.3, -0.25) is 0 Å². The number of aromatic nitrogens is 3. The molecule has 0 fully saturated rings. The second-order valence-corrected chi connectivity index (χ2v) is 6.08. The van der Waals surface area contributed by atoms with Gasteiger partial charge in [-0.25, -0.2) is 9.49 Å². The molecule has 0 radical (unpaired) electrons. The summed E-state index contributed by atoms with van der Waals surface area (Å²) in [7, 11) is 1.40. The predicted octanol–water partition coefficient (Wildman–Crippen LogP) is 4.57. The van der Waals surface area contributed by atoms with Gasteiger partial charge >= 0.3 is 6.18 Å². The first-order chi connectivity index (χ1) is 13.8. The lowest BCUT2D eigenvalue weighted by Gasteiger charge is -2.11. The van der Waals surface area contributed by atoms with Gasteiger partial charge in [-0.05, 0) is 42.0 Å². The third-order valence-electron chi connectivity index (χ3n) is 3.75. The molecule has 0 spiro atoms. The van der Waals surface area contributed by atoms with Crippen molar-refractivity contribution in [3.63, 3.8) is 0 Å². The van der Waals surface area contributed by atoms with Crippen LogP contribution < -0.4 is 9.47 Å². The smallest absolute Gasteiger partial charge is 0.453 e. The molecule has 152 valence electrons. The quantitative estimate of drug-likeness (QED) is 0.356. The Bertz CT molecular complexity index is 1090. The first-order valence-corrected chi connectivity index (χ1v) is 8.53.